The monoisotopic (exact) mass is 325 g/mol. The van der Waals surface area contributed by atoms with Gasteiger partial charge in [-0.05, 0) is 19.1 Å². The number of phenols is 1. The minimum atomic E-state index is -0.869. The summed E-state index contributed by atoms with van der Waals surface area (Å²) in [5.41, 5.74) is 2.24. The molecule has 0 fully saturated rings. The summed E-state index contributed by atoms with van der Waals surface area (Å²) in [5, 5.41) is 41.7. The average Bonchev–Trinajstić information content (AvgIpc) is 2.61. The van der Waals surface area contributed by atoms with E-state index in [4.69, 9.17) is 5.11 Å². The highest BCUT2D eigenvalue weighted by atomic mass is 16.3. The molecule has 6 heteroatoms. The van der Waals surface area contributed by atoms with Crippen LogP contribution in [0.4, 0.5) is 5.82 Å². The normalized spacial score (nSPS) is 12.3. The molecule has 0 aliphatic carbocycles. The van der Waals surface area contributed by atoms with E-state index in [0.717, 1.165) is 16.3 Å². The van der Waals surface area contributed by atoms with Crippen molar-refractivity contribution in [2.45, 2.75) is 13.0 Å². The van der Waals surface area contributed by atoms with Gasteiger partial charge < -0.3 is 20.6 Å². The maximum atomic E-state index is 10.2. The Morgan fingerprint density at radius 2 is 1.83 bits per heavy atom. The molecule has 1 aromatic heterocycles. The van der Waals surface area contributed by atoms with E-state index in [1.54, 1.807) is 6.07 Å². The van der Waals surface area contributed by atoms with E-state index in [9.17, 15) is 10.2 Å². The zero-order chi connectivity index (χ0) is 17.1. The second kappa shape index (κ2) is 6.82. The number of aliphatic hydroxyl groups is 2. The number of benzene rings is 2. The van der Waals surface area contributed by atoms with Crippen LogP contribution < -0.4 is 5.32 Å². The molecule has 24 heavy (non-hydrogen) atoms. The van der Waals surface area contributed by atoms with Gasteiger partial charge in [0.15, 0.2) is 5.82 Å². The average molecular weight is 325 g/mol. The summed E-state index contributed by atoms with van der Waals surface area (Å²) in [6, 6.07) is 12.9. The fourth-order valence-electron chi connectivity index (χ4n) is 2.55. The summed E-state index contributed by atoms with van der Waals surface area (Å²) >= 11 is 0. The molecule has 1 unspecified atom stereocenters. The lowest BCUT2D eigenvalue weighted by Gasteiger charge is -2.13. The van der Waals surface area contributed by atoms with Gasteiger partial charge in [-0.3, -0.25) is 0 Å². The van der Waals surface area contributed by atoms with Gasteiger partial charge in [0, 0.05) is 22.9 Å². The van der Waals surface area contributed by atoms with Gasteiger partial charge in [-0.2, -0.15) is 0 Å². The van der Waals surface area contributed by atoms with Crippen LogP contribution in [0, 0.1) is 6.92 Å². The van der Waals surface area contributed by atoms with Crippen molar-refractivity contribution in [3.63, 3.8) is 0 Å². The van der Waals surface area contributed by atoms with Crippen molar-refractivity contribution in [1.82, 2.24) is 10.2 Å². The summed E-state index contributed by atoms with van der Waals surface area (Å²) in [5.74, 6) is 0.672. The largest absolute Gasteiger partial charge is 0.507 e. The minimum Gasteiger partial charge on any atom is -0.507 e. The Morgan fingerprint density at radius 3 is 2.58 bits per heavy atom. The van der Waals surface area contributed by atoms with Crippen molar-refractivity contribution in [3.8, 4) is 17.0 Å². The van der Waals surface area contributed by atoms with Gasteiger partial charge in [-0.25, -0.2) is 0 Å². The molecule has 0 amide bonds. The highest BCUT2D eigenvalue weighted by Gasteiger charge is 2.14. The van der Waals surface area contributed by atoms with E-state index in [1.165, 1.54) is 0 Å². The third kappa shape index (κ3) is 3.15. The number of hydrogen-bond acceptors (Lipinski definition) is 6. The highest BCUT2D eigenvalue weighted by Crippen LogP contribution is 2.34. The number of hydrogen-bond donors (Lipinski definition) is 4. The van der Waals surface area contributed by atoms with Gasteiger partial charge in [0.1, 0.15) is 11.4 Å². The van der Waals surface area contributed by atoms with Crippen LogP contribution >= 0.6 is 0 Å². The zero-order valence-electron chi connectivity index (χ0n) is 13.3. The summed E-state index contributed by atoms with van der Waals surface area (Å²) in [4.78, 5) is 0. The van der Waals surface area contributed by atoms with Crippen LogP contribution in [0.3, 0.4) is 0 Å². The van der Waals surface area contributed by atoms with Gasteiger partial charge in [0.05, 0.1) is 12.7 Å². The number of phenolic OH excluding ortho intramolecular Hbond substituents is 1. The van der Waals surface area contributed by atoms with Crippen LogP contribution in [0.5, 0.6) is 5.75 Å². The molecule has 6 nitrogen and oxygen atoms in total. The SMILES string of the molecule is Cc1ccc(O)c(-c2nnc(NCC(O)CO)c3ccccc23)c1. The first-order valence-corrected chi connectivity index (χ1v) is 7.68. The molecule has 4 N–H and O–H groups in total. The van der Waals surface area contributed by atoms with Crippen molar-refractivity contribution < 1.29 is 15.3 Å². The number of nitrogens with zero attached hydrogens (tertiary/aromatic N) is 2. The van der Waals surface area contributed by atoms with Crippen molar-refractivity contribution in [3.05, 3.63) is 48.0 Å². The first-order valence-electron chi connectivity index (χ1n) is 7.68. The molecule has 0 aliphatic rings. The first kappa shape index (κ1) is 16.2. The molecule has 0 saturated carbocycles. The summed E-state index contributed by atoms with van der Waals surface area (Å²) in [7, 11) is 0. The van der Waals surface area contributed by atoms with Crippen LogP contribution in [0.25, 0.3) is 22.0 Å². The highest BCUT2D eigenvalue weighted by molar-refractivity contribution is 6.00. The van der Waals surface area contributed by atoms with E-state index in [2.05, 4.69) is 15.5 Å². The molecule has 0 spiro atoms. The summed E-state index contributed by atoms with van der Waals surface area (Å²) < 4.78 is 0. The van der Waals surface area contributed by atoms with E-state index < -0.39 is 6.10 Å². The van der Waals surface area contributed by atoms with E-state index in [0.29, 0.717) is 17.1 Å². The third-order valence-corrected chi connectivity index (χ3v) is 3.81. The van der Waals surface area contributed by atoms with Crippen LogP contribution in [0.2, 0.25) is 0 Å². The number of aromatic nitrogens is 2. The lowest BCUT2D eigenvalue weighted by Crippen LogP contribution is -2.23. The number of aryl methyl sites for hydroxylation is 1. The minimum absolute atomic E-state index is 0.150. The second-order valence-electron chi connectivity index (χ2n) is 5.68. The number of aromatic hydroxyl groups is 1. The first-order chi connectivity index (χ1) is 11.6. The second-order valence-corrected chi connectivity index (χ2v) is 5.68. The van der Waals surface area contributed by atoms with Gasteiger partial charge in [0.25, 0.3) is 0 Å². The Balaban J connectivity index is 2.10. The van der Waals surface area contributed by atoms with Gasteiger partial charge >= 0.3 is 0 Å². The zero-order valence-corrected chi connectivity index (χ0v) is 13.3. The van der Waals surface area contributed by atoms with Crippen LogP contribution in [0.1, 0.15) is 5.56 Å². The smallest absolute Gasteiger partial charge is 0.156 e. The van der Waals surface area contributed by atoms with Gasteiger partial charge in [-0.15, -0.1) is 10.2 Å². The maximum absolute atomic E-state index is 10.2. The molecule has 0 radical (unpaired) electrons. The maximum Gasteiger partial charge on any atom is 0.156 e. The Bertz CT molecular complexity index is 867. The van der Waals surface area contributed by atoms with Crippen molar-refractivity contribution in [1.29, 1.82) is 0 Å². The fraction of sp³-hybridized carbons (Fsp3) is 0.222. The van der Waals surface area contributed by atoms with Crippen molar-refractivity contribution >= 4 is 16.6 Å². The molecule has 3 aromatic rings. The Hall–Kier alpha value is -2.70. The van der Waals surface area contributed by atoms with Crippen LogP contribution in [-0.2, 0) is 0 Å². The van der Waals surface area contributed by atoms with E-state index >= 15 is 0 Å². The molecule has 1 heterocycles. The molecule has 2 aromatic carbocycles. The lowest BCUT2D eigenvalue weighted by atomic mass is 10.0. The molecule has 0 saturated heterocycles. The molecule has 0 bridgehead atoms. The molecular weight excluding hydrogens is 306 g/mol. The predicted octanol–water partition coefficient (Wildman–Crippen LogP) is 2.08. The number of anilines is 1. The Kier molecular flexibility index (Phi) is 4.59. The molecule has 124 valence electrons. The van der Waals surface area contributed by atoms with Crippen molar-refractivity contribution in [2.24, 2.45) is 0 Å². The number of nitrogens with one attached hydrogen (secondary N) is 1. The Morgan fingerprint density at radius 1 is 1.08 bits per heavy atom. The number of fused-ring (bicyclic) bond motifs is 1. The van der Waals surface area contributed by atoms with Gasteiger partial charge in [0.2, 0.25) is 0 Å². The fourth-order valence-corrected chi connectivity index (χ4v) is 2.55. The van der Waals surface area contributed by atoms with Gasteiger partial charge in [-0.1, -0.05) is 35.9 Å². The summed E-state index contributed by atoms with van der Waals surface area (Å²) in [6.45, 7) is 1.79. The number of rotatable bonds is 5. The van der Waals surface area contributed by atoms with Crippen molar-refractivity contribution in [2.75, 3.05) is 18.5 Å². The topological polar surface area (TPSA) is 98.5 Å². The third-order valence-electron chi connectivity index (χ3n) is 3.81. The molecule has 1 atom stereocenters. The van der Waals surface area contributed by atoms with Crippen LogP contribution in [0.15, 0.2) is 42.5 Å². The van der Waals surface area contributed by atoms with E-state index in [1.807, 2.05) is 43.3 Å². The van der Waals surface area contributed by atoms with Crippen LogP contribution in [-0.4, -0.2) is 44.8 Å². The molecule has 3 rings (SSSR count). The number of aliphatic hydroxyl groups excluding tert-OH is 2. The lowest BCUT2D eigenvalue weighted by molar-refractivity contribution is 0.105. The quantitative estimate of drug-likeness (QED) is 0.573. The van der Waals surface area contributed by atoms with E-state index in [-0.39, 0.29) is 18.9 Å². The molecular formula is C18H19N3O3. The predicted molar refractivity (Wildman–Crippen MR) is 93.0 cm³/mol. The summed E-state index contributed by atoms with van der Waals surface area (Å²) in [6.07, 6.45) is -0.869. The molecule has 0 aliphatic heterocycles. The standard InChI is InChI=1S/C18H19N3O3/c1-11-6-7-16(24)15(8-11)17-13-4-2-3-5-14(13)18(21-20-17)19-9-12(23)10-22/h2-8,12,22-24H,9-10H2,1H3,(H,19,21). The Labute approximate surface area is 139 Å².